The molecule has 11 aromatic rings. The number of aromatic nitrogens is 3. The summed E-state index contributed by atoms with van der Waals surface area (Å²) in [6.45, 7) is 0. The summed E-state index contributed by atoms with van der Waals surface area (Å²) in [4.78, 5) is 0. The Morgan fingerprint density at radius 3 is 1.35 bits per heavy atom. The minimum atomic E-state index is 0.613. The van der Waals surface area contributed by atoms with Crippen LogP contribution in [-0.2, 0) is 0 Å². The molecule has 3 heterocycles. The first kappa shape index (κ1) is 30.7. The molecule has 0 bridgehead atoms. The summed E-state index contributed by atoms with van der Waals surface area (Å²) in [7, 11) is 0. The molecule has 0 N–H and O–H groups in total. The Bertz CT molecular complexity index is 3400. The number of hydrogen-bond acceptors (Lipinski definition) is 2. The number of nitrogens with zero attached hydrogens (tertiary/aromatic N) is 5. The van der Waals surface area contributed by atoms with E-state index in [1.165, 1.54) is 21.5 Å². The Morgan fingerprint density at radius 2 is 0.764 bits per heavy atom. The molecule has 11 rings (SSSR count). The standard InChI is InChI=1S/C50H29N5/c51-30-32-17-24-49-44(27-32)42-12-4-8-16-48(42)54(49)37-22-23-43-41-11-3-5-13-45(41)53(50(43)29-37)36-20-18-34(19-21-36)35-25-33(31-52)26-38(28-35)55-46-14-6-1-9-39(46)40-10-2-7-15-47(40)55/h1-29H. The van der Waals surface area contributed by atoms with Crippen LogP contribution in [0, 0.1) is 22.7 Å². The minimum Gasteiger partial charge on any atom is -0.309 e. The van der Waals surface area contributed by atoms with Crippen molar-refractivity contribution in [1.29, 1.82) is 10.5 Å². The van der Waals surface area contributed by atoms with Gasteiger partial charge in [0, 0.05) is 49.4 Å². The van der Waals surface area contributed by atoms with Crippen molar-refractivity contribution in [3.63, 3.8) is 0 Å². The fraction of sp³-hybridized carbons (Fsp3) is 0. The lowest BCUT2D eigenvalue weighted by atomic mass is 10.0. The molecule has 3 aromatic heterocycles. The zero-order valence-corrected chi connectivity index (χ0v) is 29.5. The lowest BCUT2D eigenvalue weighted by Gasteiger charge is -2.13. The van der Waals surface area contributed by atoms with Crippen LogP contribution < -0.4 is 0 Å². The molecular weight excluding hydrogens is 671 g/mol. The van der Waals surface area contributed by atoms with Gasteiger partial charge in [-0.15, -0.1) is 0 Å². The van der Waals surface area contributed by atoms with Crippen molar-refractivity contribution in [2.24, 2.45) is 0 Å². The van der Waals surface area contributed by atoms with Crippen molar-refractivity contribution in [3.8, 4) is 40.3 Å². The summed E-state index contributed by atoms with van der Waals surface area (Å²) in [5, 5.41) is 26.8. The molecule has 0 radical (unpaired) electrons. The fourth-order valence-electron chi connectivity index (χ4n) is 8.67. The van der Waals surface area contributed by atoms with Gasteiger partial charge in [0.1, 0.15) is 0 Å². The van der Waals surface area contributed by atoms with E-state index in [0.717, 1.165) is 72.1 Å². The highest BCUT2D eigenvalue weighted by atomic mass is 15.0. The molecule has 0 saturated heterocycles. The van der Waals surface area contributed by atoms with Crippen molar-refractivity contribution < 1.29 is 0 Å². The molecule has 0 aliphatic rings. The third-order valence-electron chi connectivity index (χ3n) is 11.1. The molecule has 5 nitrogen and oxygen atoms in total. The third kappa shape index (κ3) is 4.58. The molecule has 0 aliphatic heterocycles. The highest BCUT2D eigenvalue weighted by Crippen LogP contribution is 2.38. The first-order chi connectivity index (χ1) is 27.2. The molecule has 254 valence electrons. The Morgan fingerprint density at radius 1 is 0.291 bits per heavy atom. The molecule has 0 unspecified atom stereocenters. The molecule has 55 heavy (non-hydrogen) atoms. The van der Waals surface area contributed by atoms with Gasteiger partial charge in [0.25, 0.3) is 0 Å². The van der Waals surface area contributed by atoms with Gasteiger partial charge in [-0.25, -0.2) is 0 Å². The number of rotatable bonds is 4. The van der Waals surface area contributed by atoms with E-state index in [0.29, 0.717) is 11.1 Å². The molecule has 0 atom stereocenters. The summed E-state index contributed by atoms with van der Waals surface area (Å²) in [5.74, 6) is 0. The smallest absolute Gasteiger partial charge is 0.0992 e. The van der Waals surface area contributed by atoms with Crippen molar-refractivity contribution in [1.82, 2.24) is 13.7 Å². The van der Waals surface area contributed by atoms with E-state index in [1.807, 2.05) is 24.3 Å². The van der Waals surface area contributed by atoms with E-state index >= 15 is 0 Å². The summed E-state index contributed by atoms with van der Waals surface area (Å²) >= 11 is 0. The van der Waals surface area contributed by atoms with Crippen LogP contribution in [-0.4, -0.2) is 13.7 Å². The van der Waals surface area contributed by atoms with Crippen LogP contribution in [0.2, 0.25) is 0 Å². The lowest BCUT2D eigenvalue weighted by Crippen LogP contribution is -1.97. The average molecular weight is 700 g/mol. The maximum absolute atomic E-state index is 10.2. The van der Waals surface area contributed by atoms with Crippen LogP contribution in [0.5, 0.6) is 0 Å². The Balaban J connectivity index is 1.07. The monoisotopic (exact) mass is 699 g/mol. The van der Waals surface area contributed by atoms with Gasteiger partial charge in [0.2, 0.25) is 0 Å². The van der Waals surface area contributed by atoms with Gasteiger partial charge in [0.15, 0.2) is 0 Å². The Hall–Kier alpha value is -7.86. The van der Waals surface area contributed by atoms with Crippen molar-refractivity contribution in [3.05, 3.63) is 187 Å². The SMILES string of the molecule is N#Cc1cc(-c2ccc(-n3c4ccccc4c4ccc(-n5c6ccccc6c6cc(C#N)ccc65)cc43)cc2)cc(-n2c3ccccc3c3ccccc32)c1. The van der Waals surface area contributed by atoms with E-state index in [2.05, 4.69) is 177 Å². The van der Waals surface area contributed by atoms with Gasteiger partial charge in [-0.3, -0.25) is 0 Å². The van der Waals surface area contributed by atoms with E-state index in [-0.39, 0.29) is 0 Å². The Labute approximate surface area is 316 Å². The van der Waals surface area contributed by atoms with Gasteiger partial charge in [-0.2, -0.15) is 10.5 Å². The van der Waals surface area contributed by atoms with E-state index in [9.17, 15) is 10.5 Å². The summed E-state index contributed by atoms with van der Waals surface area (Å²) in [6, 6.07) is 66.0. The van der Waals surface area contributed by atoms with E-state index in [4.69, 9.17) is 0 Å². The van der Waals surface area contributed by atoms with E-state index in [1.54, 1.807) is 0 Å². The second-order valence-electron chi connectivity index (χ2n) is 14.0. The fourth-order valence-corrected chi connectivity index (χ4v) is 8.67. The van der Waals surface area contributed by atoms with Crippen molar-refractivity contribution in [2.75, 3.05) is 0 Å². The zero-order valence-electron chi connectivity index (χ0n) is 29.5. The van der Waals surface area contributed by atoms with Gasteiger partial charge >= 0.3 is 0 Å². The number of hydrogen-bond donors (Lipinski definition) is 0. The molecule has 0 amide bonds. The predicted molar refractivity (Wildman–Crippen MR) is 224 cm³/mol. The van der Waals surface area contributed by atoms with Gasteiger partial charge in [-0.05, 0) is 96.1 Å². The number of fused-ring (bicyclic) bond motifs is 9. The minimum absolute atomic E-state index is 0.613. The second-order valence-corrected chi connectivity index (χ2v) is 14.0. The van der Waals surface area contributed by atoms with E-state index < -0.39 is 0 Å². The molecular formula is C50H29N5. The maximum Gasteiger partial charge on any atom is 0.0992 e. The van der Waals surface area contributed by atoms with Crippen LogP contribution >= 0.6 is 0 Å². The van der Waals surface area contributed by atoms with Gasteiger partial charge in [0.05, 0.1) is 56.4 Å². The predicted octanol–water partition coefficient (Wildman–Crippen LogP) is 12.4. The highest BCUT2D eigenvalue weighted by molar-refractivity contribution is 6.12. The summed E-state index contributed by atoms with van der Waals surface area (Å²) in [6.07, 6.45) is 0. The molecule has 0 spiro atoms. The number of para-hydroxylation sites is 4. The number of benzene rings is 8. The quantitative estimate of drug-likeness (QED) is 0.184. The molecule has 5 heteroatoms. The third-order valence-corrected chi connectivity index (χ3v) is 11.1. The largest absolute Gasteiger partial charge is 0.309 e. The summed E-state index contributed by atoms with van der Waals surface area (Å²) in [5.41, 5.74) is 12.9. The highest BCUT2D eigenvalue weighted by Gasteiger charge is 2.18. The molecule has 0 aliphatic carbocycles. The average Bonchev–Trinajstić information content (AvgIpc) is 3.88. The maximum atomic E-state index is 10.2. The lowest BCUT2D eigenvalue weighted by molar-refractivity contribution is 1.15. The molecule has 0 saturated carbocycles. The zero-order chi connectivity index (χ0) is 36.6. The topological polar surface area (TPSA) is 62.4 Å². The normalized spacial score (nSPS) is 11.6. The van der Waals surface area contributed by atoms with Crippen LogP contribution in [0.15, 0.2) is 176 Å². The van der Waals surface area contributed by atoms with Crippen molar-refractivity contribution in [2.45, 2.75) is 0 Å². The molecule has 0 fully saturated rings. The van der Waals surface area contributed by atoms with Gasteiger partial charge in [-0.1, -0.05) is 91.0 Å². The summed E-state index contributed by atoms with van der Waals surface area (Å²) < 4.78 is 6.90. The van der Waals surface area contributed by atoms with Crippen LogP contribution in [0.1, 0.15) is 11.1 Å². The van der Waals surface area contributed by atoms with Crippen LogP contribution in [0.3, 0.4) is 0 Å². The first-order valence-electron chi connectivity index (χ1n) is 18.3. The van der Waals surface area contributed by atoms with Gasteiger partial charge < -0.3 is 13.7 Å². The van der Waals surface area contributed by atoms with Crippen LogP contribution in [0.25, 0.3) is 93.6 Å². The second kappa shape index (κ2) is 11.8. The number of nitriles is 2. The first-order valence-corrected chi connectivity index (χ1v) is 18.3. The molecule has 8 aromatic carbocycles. The Kier molecular flexibility index (Phi) is 6.61. The van der Waals surface area contributed by atoms with Crippen molar-refractivity contribution >= 4 is 65.4 Å². The van der Waals surface area contributed by atoms with Crippen LogP contribution in [0.4, 0.5) is 0 Å².